The minimum atomic E-state index is -1.85. The lowest BCUT2D eigenvalue weighted by Gasteiger charge is -2.23. The number of amides is 1. The molecular formula is C23H25NO3. The molecule has 0 aromatic heterocycles. The highest BCUT2D eigenvalue weighted by atomic mass is 16.3. The van der Waals surface area contributed by atoms with Gasteiger partial charge in [0.15, 0.2) is 11.4 Å². The highest BCUT2D eigenvalue weighted by Gasteiger charge is 2.50. The Morgan fingerprint density at radius 1 is 1.15 bits per heavy atom. The Labute approximate surface area is 160 Å². The van der Waals surface area contributed by atoms with Gasteiger partial charge in [0.2, 0.25) is 0 Å². The maximum absolute atomic E-state index is 13.1. The molecule has 4 heteroatoms. The molecule has 1 aliphatic heterocycles. The minimum Gasteiger partial charge on any atom is -0.375 e. The van der Waals surface area contributed by atoms with Crippen LogP contribution in [0.2, 0.25) is 0 Å². The Morgan fingerprint density at radius 2 is 1.74 bits per heavy atom. The average Bonchev–Trinajstić information content (AvgIpc) is 2.76. The summed E-state index contributed by atoms with van der Waals surface area (Å²) < 4.78 is 0. The number of aryl methyl sites for hydroxylation is 3. The van der Waals surface area contributed by atoms with Gasteiger partial charge in [-0.05, 0) is 44.9 Å². The zero-order valence-corrected chi connectivity index (χ0v) is 16.3. The van der Waals surface area contributed by atoms with E-state index in [2.05, 4.69) is 6.58 Å². The lowest BCUT2D eigenvalue weighted by molar-refractivity contribution is -0.135. The fraction of sp³-hybridized carbons (Fsp3) is 0.304. The van der Waals surface area contributed by atoms with Crippen molar-refractivity contribution in [3.63, 3.8) is 0 Å². The number of nitrogens with zero attached hydrogens (tertiary/aromatic N) is 1. The van der Waals surface area contributed by atoms with E-state index in [4.69, 9.17) is 0 Å². The molecule has 1 heterocycles. The molecule has 0 spiro atoms. The number of hydrogen-bond donors (Lipinski definition) is 1. The molecule has 0 aliphatic carbocycles. The number of benzene rings is 2. The van der Waals surface area contributed by atoms with Crippen molar-refractivity contribution in [3.8, 4) is 0 Å². The van der Waals surface area contributed by atoms with E-state index >= 15 is 0 Å². The van der Waals surface area contributed by atoms with Crippen LogP contribution < -0.4 is 4.90 Å². The molecule has 4 nitrogen and oxygen atoms in total. The fourth-order valence-electron chi connectivity index (χ4n) is 4.04. The van der Waals surface area contributed by atoms with Gasteiger partial charge in [-0.25, -0.2) is 0 Å². The second-order valence-corrected chi connectivity index (χ2v) is 7.60. The van der Waals surface area contributed by atoms with Crippen molar-refractivity contribution in [2.45, 2.75) is 39.7 Å². The van der Waals surface area contributed by atoms with Gasteiger partial charge in [0, 0.05) is 17.7 Å². The zero-order chi connectivity index (χ0) is 19.9. The fourth-order valence-corrected chi connectivity index (χ4v) is 4.04. The quantitative estimate of drug-likeness (QED) is 0.645. The zero-order valence-electron chi connectivity index (χ0n) is 16.3. The van der Waals surface area contributed by atoms with Crippen LogP contribution in [0.25, 0.3) is 0 Å². The van der Waals surface area contributed by atoms with Crippen LogP contribution in [0.3, 0.4) is 0 Å². The maximum Gasteiger partial charge on any atom is 0.264 e. The van der Waals surface area contributed by atoms with Crippen LogP contribution in [0.4, 0.5) is 5.69 Å². The van der Waals surface area contributed by atoms with Crippen molar-refractivity contribution in [2.24, 2.45) is 0 Å². The number of fused-ring (bicyclic) bond motifs is 1. The monoisotopic (exact) mass is 363 g/mol. The third-order valence-electron chi connectivity index (χ3n) is 5.04. The second kappa shape index (κ2) is 6.78. The molecule has 27 heavy (non-hydrogen) atoms. The topological polar surface area (TPSA) is 57.6 Å². The van der Waals surface area contributed by atoms with E-state index in [0.29, 0.717) is 23.4 Å². The van der Waals surface area contributed by atoms with Gasteiger partial charge in [0.05, 0.1) is 12.1 Å². The molecule has 1 N–H and O–H groups in total. The molecular weight excluding hydrogens is 338 g/mol. The van der Waals surface area contributed by atoms with E-state index in [1.807, 2.05) is 45.9 Å². The molecule has 0 saturated carbocycles. The number of para-hydroxylation sites is 1. The van der Waals surface area contributed by atoms with Gasteiger partial charge >= 0.3 is 0 Å². The summed E-state index contributed by atoms with van der Waals surface area (Å²) >= 11 is 0. The maximum atomic E-state index is 13.1. The lowest BCUT2D eigenvalue weighted by atomic mass is 9.85. The van der Waals surface area contributed by atoms with Gasteiger partial charge in [-0.1, -0.05) is 48.0 Å². The number of ketones is 1. The van der Waals surface area contributed by atoms with Gasteiger partial charge in [-0.2, -0.15) is 0 Å². The molecule has 1 aliphatic rings. The molecule has 1 atom stereocenters. The average molecular weight is 363 g/mol. The van der Waals surface area contributed by atoms with Crippen LogP contribution >= 0.6 is 0 Å². The lowest BCUT2D eigenvalue weighted by Crippen LogP contribution is -2.42. The molecule has 0 radical (unpaired) electrons. The van der Waals surface area contributed by atoms with E-state index < -0.39 is 11.5 Å². The smallest absolute Gasteiger partial charge is 0.264 e. The second-order valence-electron chi connectivity index (χ2n) is 7.60. The van der Waals surface area contributed by atoms with Gasteiger partial charge in [0.1, 0.15) is 0 Å². The largest absolute Gasteiger partial charge is 0.375 e. The van der Waals surface area contributed by atoms with Crippen LogP contribution in [-0.4, -0.2) is 23.3 Å². The summed E-state index contributed by atoms with van der Waals surface area (Å²) in [6.07, 6.45) is -0.278. The predicted octanol–water partition coefficient (Wildman–Crippen LogP) is 4.00. The molecule has 2 aromatic rings. The minimum absolute atomic E-state index is 0.229. The van der Waals surface area contributed by atoms with Crippen molar-refractivity contribution >= 4 is 17.4 Å². The number of Topliss-reactive ketones (excluding diaryl/α,β-unsaturated/α-hetero) is 1. The molecule has 0 bridgehead atoms. The Hall–Kier alpha value is -2.72. The number of hydrogen-bond acceptors (Lipinski definition) is 3. The molecule has 140 valence electrons. The van der Waals surface area contributed by atoms with Crippen molar-refractivity contribution in [1.29, 1.82) is 0 Å². The third-order valence-corrected chi connectivity index (χ3v) is 5.04. The highest BCUT2D eigenvalue weighted by Crippen LogP contribution is 2.43. The molecule has 0 fully saturated rings. The summed E-state index contributed by atoms with van der Waals surface area (Å²) in [6, 6.07) is 11.0. The van der Waals surface area contributed by atoms with E-state index in [9.17, 15) is 14.7 Å². The summed E-state index contributed by atoms with van der Waals surface area (Å²) in [7, 11) is 0. The first-order valence-corrected chi connectivity index (χ1v) is 9.04. The number of carbonyl (C=O) groups is 2. The Bertz CT molecular complexity index is 937. The SMILES string of the molecule is C=C(C)CN1C(=O)[C@](O)(CC(=O)c2c(C)cc(C)cc2C)c2ccccc21. The van der Waals surface area contributed by atoms with Gasteiger partial charge in [-0.3, -0.25) is 9.59 Å². The van der Waals surface area contributed by atoms with E-state index in [1.54, 1.807) is 18.2 Å². The number of anilines is 1. The molecule has 0 saturated heterocycles. The summed E-state index contributed by atoms with van der Waals surface area (Å²) in [5.41, 5.74) is 3.45. The van der Waals surface area contributed by atoms with Crippen LogP contribution in [0.5, 0.6) is 0 Å². The van der Waals surface area contributed by atoms with Crippen LogP contribution in [-0.2, 0) is 10.4 Å². The normalized spacial score (nSPS) is 18.6. The van der Waals surface area contributed by atoms with Crippen molar-refractivity contribution in [3.05, 3.63) is 76.4 Å². The van der Waals surface area contributed by atoms with E-state index in [1.165, 1.54) is 4.90 Å². The first kappa shape index (κ1) is 19.1. The predicted molar refractivity (Wildman–Crippen MR) is 107 cm³/mol. The van der Waals surface area contributed by atoms with Gasteiger partial charge < -0.3 is 10.0 Å². The highest BCUT2D eigenvalue weighted by molar-refractivity contribution is 6.11. The van der Waals surface area contributed by atoms with Crippen molar-refractivity contribution in [2.75, 3.05) is 11.4 Å². The number of carbonyl (C=O) groups excluding carboxylic acids is 2. The molecule has 3 rings (SSSR count). The van der Waals surface area contributed by atoms with Crippen LogP contribution in [0.1, 0.15) is 46.0 Å². The number of aliphatic hydroxyl groups is 1. The Balaban J connectivity index is 2.02. The first-order chi connectivity index (χ1) is 12.6. The summed E-state index contributed by atoms with van der Waals surface area (Å²) in [5.74, 6) is -0.699. The van der Waals surface area contributed by atoms with Crippen molar-refractivity contribution < 1.29 is 14.7 Å². The number of rotatable bonds is 5. The summed E-state index contributed by atoms with van der Waals surface area (Å²) in [5, 5.41) is 11.3. The summed E-state index contributed by atoms with van der Waals surface area (Å²) in [4.78, 5) is 27.7. The summed E-state index contributed by atoms with van der Waals surface area (Å²) in [6.45, 7) is 11.8. The Kier molecular flexibility index (Phi) is 4.79. The van der Waals surface area contributed by atoms with Gasteiger partial charge in [0.25, 0.3) is 5.91 Å². The van der Waals surface area contributed by atoms with Crippen LogP contribution in [0, 0.1) is 20.8 Å². The molecule has 0 unspecified atom stereocenters. The first-order valence-electron chi connectivity index (χ1n) is 9.04. The van der Waals surface area contributed by atoms with Gasteiger partial charge in [-0.15, -0.1) is 0 Å². The Morgan fingerprint density at radius 3 is 2.33 bits per heavy atom. The van der Waals surface area contributed by atoms with Crippen LogP contribution in [0.15, 0.2) is 48.6 Å². The molecule has 2 aromatic carbocycles. The van der Waals surface area contributed by atoms with Crippen molar-refractivity contribution in [1.82, 2.24) is 0 Å². The third kappa shape index (κ3) is 3.21. The van der Waals surface area contributed by atoms with E-state index in [-0.39, 0.29) is 12.2 Å². The van der Waals surface area contributed by atoms with E-state index in [0.717, 1.165) is 22.3 Å². The standard InChI is InChI=1S/C23H25NO3/c1-14(2)13-24-19-9-7-6-8-18(19)23(27,22(24)26)12-20(25)21-16(4)10-15(3)11-17(21)5/h6-11,27H,1,12-13H2,2-5H3/t23-/m0/s1. The molecule has 1 amide bonds.